The number of hydrogen-bond acceptors (Lipinski definition) is 2. The van der Waals surface area contributed by atoms with Crippen molar-refractivity contribution in [1.82, 2.24) is 4.90 Å². The van der Waals surface area contributed by atoms with Crippen LogP contribution < -0.4 is 15.9 Å². The predicted molar refractivity (Wildman–Crippen MR) is 198 cm³/mol. The lowest BCUT2D eigenvalue weighted by molar-refractivity contribution is -0.137. The minimum atomic E-state index is -4.70. The fraction of sp³-hybridized carbons (Fsp3) is 0.0732. The summed E-state index contributed by atoms with van der Waals surface area (Å²) in [6, 6.07) is 27.2. The SMILES string of the molecule is O=C(c1ccc(C(F)(F)F)cc1)N1C(c2ccccc2P(c2ccc(Cl)cc2)c2ccc(Cl)cc2)=N[C@H](c2cc(F)cc(F)c2)[C@H]1c1cc(F)cc(F)c1. The zero-order chi connectivity index (χ0) is 38.3. The van der Waals surface area contributed by atoms with Crippen molar-refractivity contribution in [2.45, 2.75) is 18.3 Å². The molecule has 1 aliphatic heterocycles. The molecule has 6 aromatic rings. The molecular weight excluding hydrogens is 771 g/mol. The van der Waals surface area contributed by atoms with Crippen molar-refractivity contribution in [2.75, 3.05) is 0 Å². The van der Waals surface area contributed by atoms with Crippen LogP contribution in [0.3, 0.4) is 0 Å². The molecule has 0 saturated heterocycles. The fourth-order valence-electron chi connectivity index (χ4n) is 6.45. The van der Waals surface area contributed by atoms with Gasteiger partial charge in [0.25, 0.3) is 5.91 Å². The van der Waals surface area contributed by atoms with Crippen molar-refractivity contribution in [2.24, 2.45) is 4.99 Å². The summed E-state index contributed by atoms with van der Waals surface area (Å²) in [5.41, 5.74) is -1.02. The predicted octanol–water partition coefficient (Wildman–Crippen LogP) is 10.7. The van der Waals surface area contributed by atoms with Crippen LogP contribution in [-0.4, -0.2) is 16.6 Å². The molecule has 13 heteroatoms. The van der Waals surface area contributed by atoms with E-state index in [2.05, 4.69) is 0 Å². The van der Waals surface area contributed by atoms with Gasteiger partial charge in [0.1, 0.15) is 35.1 Å². The van der Waals surface area contributed by atoms with Crippen LogP contribution >= 0.6 is 31.1 Å². The molecule has 0 radical (unpaired) electrons. The zero-order valence-electron chi connectivity index (χ0n) is 27.5. The molecule has 0 unspecified atom stereocenters. The van der Waals surface area contributed by atoms with Crippen LogP contribution in [0.4, 0.5) is 30.7 Å². The van der Waals surface area contributed by atoms with Crippen LogP contribution in [0, 0.1) is 23.3 Å². The standard InChI is InChI=1S/C41H24Cl2F7N2OP/c42-27-9-13-33(14-10-27)54(34-15-11-28(43)12-16-34)36-4-2-1-3-35(36)39-51-37(24-17-29(44)21-30(45)18-24)38(25-19-31(46)22-32(47)20-25)52(39)40(53)23-5-7-26(8-6-23)41(48,49)50/h1-22,37-38H/t37-,38-/m1/s1. The van der Waals surface area contributed by atoms with Crippen molar-refractivity contribution in [3.8, 4) is 0 Å². The monoisotopic (exact) mass is 794 g/mol. The Labute approximate surface area is 316 Å². The molecule has 0 bridgehead atoms. The zero-order valence-corrected chi connectivity index (χ0v) is 29.9. The van der Waals surface area contributed by atoms with Gasteiger partial charge in [-0.05, 0) is 108 Å². The minimum Gasteiger partial charge on any atom is -0.282 e. The van der Waals surface area contributed by atoms with Gasteiger partial charge in [0.05, 0.1) is 11.6 Å². The summed E-state index contributed by atoms with van der Waals surface area (Å²) < 4.78 is 100. The average Bonchev–Trinajstić information content (AvgIpc) is 3.53. The van der Waals surface area contributed by atoms with Gasteiger partial charge in [-0.1, -0.05) is 71.7 Å². The van der Waals surface area contributed by atoms with E-state index in [-0.39, 0.29) is 22.5 Å². The van der Waals surface area contributed by atoms with Crippen molar-refractivity contribution in [1.29, 1.82) is 0 Å². The van der Waals surface area contributed by atoms with Crippen LogP contribution in [0.5, 0.6) is 0 Å². The van der Waals surface area contributed by atoms with Gasteiger partial charge in [-0.25, -0.2) is 17.6 Å². The highest BCUT2D eigenvalue weighted by molar-refractivity contribution is 7.80. The number of carbonyl (C=O) groups excluding carboxylic acids is 1. The molecule has 2 atom stereocenters. The summed E-state index contributed by atoms with van der Waals surface area (Å²) >= 11 is 12.5. The lowest BCUT2D eigenvalue weighted by atomic mass is 9.92. The summed E-state index contributed by atoms with van der Waals surface area (Å²) in [5.74, 6) is -4.86. The van der Waals surface area contributed by atoms with Crippen molar-refractivity contribution in [3.63, 3.8) is 0 Å². The summed E-state index contributed by atoms with van der Waals surface area (Å²) in [7, 11) is -1.48. The fourth-order valence-corrected chi connectivity index (χ4v) is 9.10. The molecule has 6 aromatic carbocycles. The maximum atomic E-state index is 14.9. The number of benzene rings is 6. The quantitative estimate of drug-likeness (QED) is 0.117. The van der Waals surface area contributed by atoms with E-state index in [4.69, 9.17) is 28.2 Å². The Morgan fingerprint density at radius 2 is 1.11 bits per heavy atom. The molecule has 0 aliphatic carbocycles. The first kappa shape index (κ1) is 37.3. The van der Waals surface area contributed by atoms with Gasteiger partial charge >= 0.3 is 6.18 Å². The van der Waals surface area contributed by atoms with E-state index in [0.717, 1.165) is 64.0 Å². The first-order valence-corrected chi connectivity index (χ1v) is 18.3. The van der Waals surface area contributed by atoms with Crippen molar-refractivity contribution >= 4 is 58.8 Å². The summed E-state index contributed by atoms with van der Waals surface area (Å²) in [6.07, 6.45) is -4.70. The molecule has 0 aromatic heterocycles. The third-order valence-electron chi connectivity index (χ3n) is 8.75. The van der Waals surface area contributed by atoms with E-state index < -0.39 is 60.9 Å². The van der Waals surface area contributed by atoms with Gasteiger partial charge in [0.15, 0.2) is 0 Å². The van der Waals surface area contributed by atoms with Gasteiger partial charge in [0, 0.05) is 33.3 Å². The molecular formula is C41H24Cl2F7N2OP. The molecule has 3 nitrogen and oxygen atoms in total. The molecule has 0 N–H and O–H groups in total. The second kappa shape index (κ2) is 15.0. The Bertz CT molecular complexity index is 2300. The van der Waals surface area contributed by atoms with E-state index >= 15 is 0 Å². The summed E-state index contributed by atoms with van der Waals surface area (Å²) in [5, 5.41) is 3.28. The van der Waals surface area contributed by atoms with E-state index in [1.807, 2.05) is 30.3 Å². The largest absolute Gasteiger partial charge is 0.416 e. The molecule has 54 heavy (non-hydrogen) atoms. The second-order valence-electron chi connectivity index (χ2n) is 12.3. The Morgan fingerprint density at radius 3 is 1.61 bits per heavy atom. The number of halogens is 9. The van der Waals surface area contributed by atoms with Gasteiger partial charge in [-0.3, -0.25) is 14.7 Å². The number of aliphatic imine (C=N–C) groups is 1. The van der Waals surface area contributed by atoms with Crippen molar-refractivity contribution < 1.29 is 35.5 Å². The van der Waals surface area contributed by atoms with E-state index in [9.17, 15) is 35.5 Å². The molecule has 0 fully saturated rings. The van der Waals surface area contributed by atoms with Crippen LogP contribution in [-0.2, 0) is 6.18 Å². The van der Waals surface area contributed by atoms with Gasteiger partial charge in [0.2, 0.25) is 0 Å². The lowest BCUT2D eigenvalue weighted by Crippen LogP contribution is -2.40. The Balaban J connectivity index is 1.50. The highest BCUT2D eigenvalue weighted by Gasteiger charge is 2.44. The van der Waals surface area contributed by atoms with Gasteiger partial charge in [-0.15, -0.1) is 0 Å². The molecule has 0 saturated carbocycles. The Morgan fingerprint density at radius 1 is 0.630 bits per heavy atom. The van der Waals surface area contributed by atoms with E-state index in [1.165, 1.54) is 0 Å². The summed E-state index contributed by atoms with van der Waals surface area (Å²) in [4.78, 5) is 20.8. The Kier molecular flexibility index (Phi) is 10.4. The van der Waals surface area contributed by atoms with Crippen molar-refractivity contribution in [3.05, 3.63) is 195 Å². The second-order valence-corrected chi connectivity index (χ2v) is 15.4. The number of amides is 1. The topological polar surface area (TPSA) is 32.7 Å². The first-order chi connectivity index (χ1) is 25.8. The van der Waals surface area contributed by atoms with Crippen LogP contribution in [0.1, 0.15) is 44.7 Å². The first-order valence-electron chi connectivity index (χ1n) is 16.2. The molecule has 1 aliphatic rings. The highest BCUT2D eigenvalue weighted by Crippen LogP contribution is 2.46. The lowest BCUT2D eigenvalue weighted by Gasteiger charge is -2.31. The van der Waals surface area contributed by atoms with Crippen LogP contribution in [0.15, 0.2) is 138 Å². The molecule has 7 rings (SSSR count). The molecule has 1 amide bonds. The number of hydrogen-bond donors (Lipinski definition) is 0. The normalized spacial score (nSPS) is 15.8. The van der Waals surface area contributed by atoms with E-state index in [0.29, 0.717) is 33.0 Å². The minimum absolute atomic E-state index is 0.0461. The third kappa shape index (κ3) is 7.65. The highest BCUT2D eigenvalue weighted by atomic mass is 35.5. The number of nitrogens with zero attached hydrogens (tertiary/aromatic N) is 2. The molecule has 0 spiro atoms. The molecule has 1 heterocycles. The number of rotatable bonds is 7. The van der Waals surface area contributed by atoms with E-state index in [1.54, 1.807) is 42.5 Å². The number of carbonyl (C=O) groups is 1. The van der Waals surface area contributed by atoms with Gasteiger partial charge < -0.3 is 0 Å². The third-order valence-corrected chi connectivity index (χ3v) is 11.8. The van der Waals surface area contributed by atoms with Gasteiger partial charge in [-0.2, -0.15) is 13.2 Å². The number of alkyl halides is 3. The van der Waals surface area contributed by atoms with Crippen LogP contribution in [0.25, 0.3) is 0 Å². The maximum Gasteiger partial charge on any atom is 0.416 e. The smallest absolute Gasteiger partial charge is 0.282 e. The average molecular weight is 796 g/mol. The summed E-state index contributed by atoms with van der Waals surface area (Å²) in [6.45, 7) is 0. The number of amidine groups is 1. The maximum absolute atomic E-state index is 14.9. The van der Waals surface area contributed by atoms with Crippen LogP contribution in [0.2, 0.25) is 10.0 Å². The molecule has 272 valence electrons. The Hall–Kier alpha value is -5.02.